The lowest BCUT2D eigenvalue weighted by molar-refractivity contribution is -0.140. The number of alkyl halides is 3. The van der Waals surface area contributed by atoms with Crippen molar-refractivity contribution in [3.63, 3.8) is 0 Å². The van der Waals surface area contributed by atoms with Crippen LogP contribution in [-0.4, -0.2) is 24.7 Å². The second-order valence-corrected chi connectivity index (χ2v) is 8.71. The van der Waals surface area contributed by atoms with Crippen molar-refractivity contribution in [1.29, 1.82) is 0 Å². The summed E-state index contributed by atoms with van der Waals surface area (Å²) < 4.78 is 59.4. The van der Waals surface area contributed by atoms with Crippen LogP contribution in [0.15, 0.2) is 36.4 Å². The van der Waals surface area contributed by atoms with Gasteiger partial charge in [-0.2, -0.15) is 13.2 Å². The molecule has 1 saturated carbocycles. The number of halogens is 4. The van der Waals surface area contributed by atoms with Gasteiger partial charge in [0, 0.05) is 12.5 Å². The summed E-state index contributed by atoms with van der Waals surface area (Å²) in [7, 11) is 1.42. The van der Waals surface area contributed by atoms with E-state index in [1.54, 1.807) is 18.2 Å². The van der Waals surface area contributed by atoms with Crippen molar-refractivity contribution in [2.24, 2.45) is 5.92 Å². The molecule has 0 heterocycles. The number of aryl methyl sites for hydroxylation is 1. The number of rotatable bonds is 9. The molecule has 3 unspecified atom stereocenters. The Labute approximate surface area is 191 Å². The molecule has 2 aromatic rings. The van der Waals surface area contributed by atoms with Crippen molar-refractivity contribution in [1.82, 2.24) is 5.32 Å². The summed E-state index contributed by atoms with van der Waals surface area (Å²) in [6.45, 7) is 2.69. The molecule has 0 aliphatic heterocycles. The second-order valence-electron chi connectivity index (χ2n) is 8.71. The van der Waals surface area contributed by atoms with Gasteiger partial charge in [-0.15, -0.1) is 0 Å². The van der Waals surface area contributed by atoms with Gasteiger partial charge >= 0.3 is 12.1 Å². The van der Waals surface area contributed by atoms with Crippen LogP contribution < -0.4 is 10.1 Å². The highest BCUT2D eigenvalue weighted by molar-refractivity contribution is 5.67. The van der Waals surface area contributed by atoms with E-state index in [1.165, 1.54) is 25.3 Å². The minimum atomic E-state index is -4.52. The van der Waals surface area contributed by atoms with Gasteiger partial charge in [-0.1, -0.05) is 18.2 Å². The average Bonchev–Trinajstić information content (AvgIpc) is 3.24. The summed E-state index contributed by atoms with van der Waals surface area (Å²) in [5, 5.41) is 12.3. The number of carbonyl (C=O) groups is 1. The third kappa shape index (κ3) is 6.47. The van der Waals surface area contributed by atoms with Crippen LogP contribution in [0.4, 0.5) is 17.6 Å². The lowest BCUT2D eigenvalue weighted by Gasteiger charge is -2.19. The Morgan fingerprint density at radius 1 is 1.21 bits per heavy atom. The number of methoxy groups -OCH3 is 1. The lowest BCUT2D eigenvalue weighted by Crippen LogP contribution is -2.24. The quantitative estimate of drug-likeness (QED) is 0.437. The van der Waals surface area contributed by atoms with Crippen LogP contribution in [0.3, 0.4) is 0 Å². The van der Waals surface area contributed by atoms with Crippen LogP contribution in [0.25, 0.3) is 0 Å². The topological polar surface area (TPSA) is 58.6 Å². The van der Waals surface area contributed by atoms with E-state index in [2.05, 4.69) is 5.32 Å². The minimum Gasteiger partial charge on any atom is -0.494 e. The molecule has 2 aromatic carbocycles. The molecular formula is C25H29F4NO3. The monoisotopic (exact) mass is 467 g/mol. The number of hydrogen-bond donors (Lipinski definition) is 2. The molecule has 2 N–H and O–H groups in total. The van der Waals surface area contributed by atoms with E-state index in [4.69, 9.17) is 9.84 Å². The molecule has 1 aliphatic rings. The number of carboxylic acid groups (broad SMARTS) is 1. The summed E-state index contributed by atoms with van der Waals surface area (Å²) in [6.07, 6.45) is -2.52. The summed E-state index contributed by atoms with van der Waals surface area (Å²) in [5.74, 6) is -0.992. The lowest BCUT2D eigenvalue weighted by atomic mass is 9.91. The maximum Gasteiger partial charge on any atom is 0.416 e. The van der Waals surface area contributed by atoms with E-state index in [0.717, 1.165) is 24.8 Å². The van der Waals surface area contributed by atoms with Gasteiger partial charge in [0.1, 0.15) is 0 Å². The van der Waals surface area contributed by atoms with Crippen LogP contribution in [0.1, 0.15) is 66.8 Å². The molecule has 3 rings (SSSR count). The summed E-state index contributed by atoms with van der Waals surface area (Å²) in [4.78, 5) is 10.8. The molecule has 1 aliphatic carbocycles. The van der Waals surface area contributed by atoms with Crippen molar-refractivity contribution < 1.29 is 32.2 Å². The Kier molecular flexibility index (Phi) is 8.00. The molecule has 0 spiro atoms. The van der Waals surface area contributed by atoms with Crippen LogP contribution in [0.5, 0.6) is 5.75 Å². The van der Waals surface area contributed by atoms with E-state index in [1.807, 2.05) is 6.92 Å². The number of hydrogen-bond acceptors (Lipinski definition) is 3. The Bertz CT molecular complexity index is 977. The zero-order valence-electron chi connectivity index (χ0n) is 18.7. The van der Waals surface area contributed by atoms with Gasteiger partial charge in [0.15, 0.2) is 11.6 Å². The Morgan fingerprint density at radius 3 is 2.64 bits per heavy atom. The summed E-state index contributed by atoms with van der Waals surface area (Å²) in [5.41, 5.74) is 0.838. The highest BCUT2D eigenvalue weighted by atomic mass is 19.4. The standard InChI is InChI=1S/C25H29F4NO3/c1-15(18-7-9-22(26)23(13-18)33-2)30-14-16-3-4-19(11-16)20-6-5-17(8-10-24(31)32)21(12-20)25(27,28)29/h5-7,9,12-13,15-16,19,30H,3-4,8,10-11,14H2,1-2H3,(H,31,32). The van der Waals surface area contributed by atoms with E-state index >= 15 is 0 Å². The maximum absolute atomic E-state index is 13.6. The molecule has 0 saturated heterocycles. The number of benzene rings is 2. The summed E-state index contributed by atoms with van der Waals surface area (Å²) in [6, 6.07) is 9.05. The molecule has 0 radical (unpaired) electrons. The van der Waals surface area contributed by atoms with Gasteiger partial charge in [-0.25, -0.2) is 4.39 Å². The van der Waals surface area contributed by atoms with Gasteiger partial charge in [-0.3, -0.25) is 4.79 Å². The van der Waals surface area contributed by atoms with Gasteiger partial charge < -0.3 is 15.2 Å². The van der Waals surface area contributed by atoms with Crippen LogP contribution in [0, 0.1) is 11.7 Å². The highest BCUT2D eigenvalue weighted by Crippen LogP contribution is 2.41. The number of ether oxygens (including phenoxy) is 1. The van der Waals surface area contributed by atoms with Crippen molar-refractivity contribution in [2.75, 3.05) is 13.7 Å². The third-order valence-electron chi connectivity index (χ3n) is 6.45. The molecule has 4 nitrogen and oxygen atoms in total. The Hall–Kier alpha value is -2.61. The zero-order valence-corrected chi connectivity index (χ0v) is 18.7. The first-order valence-electron chi connectivity index (χ1n) is 11.1. The van der Waals surface area contributed by atoms with E-state index in [-0.39, 0.29) is 36.1 Å². The number of nitrogens with one attached hydrogen (secondary N) is 1. The molecule has 3 atom stereocenters. The van der Waals surface area contributed by atoms with Crippen molar-refractivity contribution in [2.45, 2.75) is 57.2 Å². The molecule has 0 aromatic heterocycles. The Morgan fingerprint density at radius 2 is 1.97 bits per heavy atom. The van der Waals surface area contributed by atoms with Crippen LogP contribution in [-0.2, 0) is 17.4 Å². The van der Waals surface area contributed by atoms with E-state index < -0.39 is 23.5 Å². The first-order chi connectivity index (χ1) is 15.6. The van der Waals surface area contributed by atoms with Crippen molar-refractivity contribution in [3.05, 3.63) is 64.5 Å². The first kappa shape index (κ1) is 25.0. The van der Waals surface area contributed by atoms with Gasteiger partial charge in [0.05, 0.1) is 12.7 Å². The van der Waals surface area contributed by atoms with E-state index in [0.29, 0.717) is 18.0 Å². The van der Waals surface area contributed by atoms with Gasteiger partial charge in [0.25, 0.3) is 0 Å². The third-order valence-corrected chi connectivity index (χ3v) is 6.45. The Balaban J connectivity index is 1.62. The number of carboxylic acids is 1. The van der Waals surface area contributed by atoms with E-state index in [9.17, 15) is 22.4 Å². The van der Waals surface area contributed by atoms with Crippen molar-refractivity contribution in [3.8, 4) is 5.75 Å². The zero-order chi connectivity index (χ0) is 24.2. The molecule has 1 fully saturated rings. The molecule has 180 valence electrons. The predicted octanol–water partition coefficient (Wildman–Crippen LogP) is 6.10. The largest absolute Gasteiger partial charge is 0.494 e. The molecule has 0 amide bonds. The predicted molar refractivity (Wildman–Crippen MR) is 117 cm³/mol. The fraction of sp³-hybridized carbons (Fsp3) is 0.480. The molecule has 33 heavy (non-hydrogen) atoms. The highest BCUT2D eigenvalue weighted by Gasteiger charge is 2.35. The number of aliphatic carboxylic acids is 1. The maximum atomic E-state index is 13.6. The van der Waals surface area contributed by atoms with Crippen LogP contribution >= 0.6 is 0 Å². The van der Waals surface area contributed by atoms with Crippen molar-refractivity contribution >= 4 is 5.97 Å². The average molecular weight is 468 g/mol. The SMILES string of the molecule is COc1cc(C(C)NCC2CCC(c3ccc(CCC(=O)O)c(C(F)(F)F)c3)C2)ccc1F. The van der Waals surface area contributed by atoms with Crippen LogP contribution in [0.2, 0.25) is 0 Å². The van der Waals surface area contributed by atoms with Gasteiger partial charge in [-0.05, 0) is 85.9 Å². The molecule has 8 heteroatoms. The fourth-order valence-corrected chi connectivity index (χ4v) is 4.54. The first-order valence-corrected chi connectivity index (χ1v) is 11.1. The molecular weight excluding hydrogens is 438 g/mol. The minimum absolute atomic E-state index is 0.0217. The second kappa shape index (κ2) is 10.5. The molecule has 0 bridgehead atoms. The fourth-order valence-electron chi connectivity index (χ4n) is 4.54. The normalized spacial score (nSPS) is 19.5. The summed E-state index contributed by atoms with van der Waals surface area (Å²) >= 11 is 0. The smallest absolute Gasteiger partial charge is 0.416 e. The van der Waals surface area contributed by atoms with Gasteiger partial charge in [0.2, 0.25) is 0 Å².